The average molecular weight is 386 g/mol. The molecule has 1 aromatic carbocycles. The second-order valence-electron chi connectivity index (χ2n) is 7.10. The minimum absolute atomic E-state index is 0. The topological polar surface area (TPSA) is 75.4 Å². The Kier molecular flexibility index (Phi) is 6.35. The third-order valence-corrected chi connectivity index (χ3v) is 5.56. The number of carbonyl (C=O) groups excluding carboxylic acids is 2. The zero-order valence-electron chi connectivity index (χ0n) is 14.3. The number of para-hydroxylation sites is 1. The molecule has 3 unspecified atom stereocenters. The van der Waals surface area contributed by atoms with Crippen molar-refractivity contribution >= 4 is 41.5 Å². The van der Waals surface area contributed by atoms with Gasteiger partial charge in [-0.2, -0.15) is 0 Å². The molecular formula is C18H25Cl2N3O2. The van der Waals surface area contributed by atoms with Gasteiger partial charge >= 0.3 is 0 Å². The molecule has 1 saturated heterocycles. The molecule has 3 rings (SSSR count). The Morgan fingerprint density at radius 3 is 2.72 bits per heavy atom. The van der Waals surface area contributed by atoms with E-state index in [0.29, 0.717) is 23.7 Å². The van der Waals surface area contributed by atoms with E-state index in [1.165, 1.54) is 0 Å². The first-order chi connectivity index (χ1) is 11.4. The van der Waals surface area contributed by atoms with Crippen LogP contribution in [0.25, 0.3) is 0 Å². The van der Waals surface area contributed by atoms with E-state index in [1.807, 2.05) is 25.1 Å². The first-order valence-corrected chi connectivity index (χ1v) is 8.93. The lowest BCUT2D eigenvalue weighted by molar-refractivity contribution is -0.131. The van der Waals surface area contributed by atoms with E-state index in [9.17, 15) is 9.59 Å². The summed E-state index contributed by atoms with van der Waals surface area (Å²) in [7, 11) is 0. The maximum atomic E-state index is 12.7. The Balaban J connectivity index is 0.00000225. The number of halogens is 2. The standard InChI is InChI=1S/C18H24ClN3O2.ClH/c1-18(20)10-5-4-6-12(18)16(23)21-14-9-11-22(17(14)24)15-8-3-2-7-13(15)19;/h2-3,7-8,12,14H,4-6,9-11,20H2,1H3,(H,21,23);1H. The molecule has 0 aromatic heterocycles. The lowest BCUT2D eigenvalue weighted by Crippen LogP contribution is -2.55. The summed E-state index contributed by atoms with van der Waals surface area (Å²) in [5.41, 5.74) is 6.50. The van der Waals surface area contributed by atoms with Crippen molar-refractivity contribution in [2.75, 3.05) is 11.4 Å². The number of hydrogen-bond acceptors (Lipinski definition) is 3. The van der Waals surface area contributed by atoms with Gasteiger partial charge in [0.15, 0.2) is 0 Å². The van der Waals surface area contributed by atoms with Crippen molar-refractivity contribution in [3.63, 3.8) is 0 Å². The van der Waals surface area contributed by atoms with Gasteiger partial charge in [-0.25, -0.2) is 0 Å². The van der Waals surface area contributed by atoms with Crippen molar-refractivity contribution in [3.05, 3.63) is 29.3 Å². The maximum Gasteiger partial charge on any atom is 0.249 e. The Labute approximate surface area is 159 Å². The lowest BCUT2D eigenvalue weighted by Gasteiger charge is -2.37. The van der Waals surface area contributed by atoms with Gasteiger partial charge in [0.1, 0.15) is 6.04 Å². The summed E-state index contributed by atoms with van der Waals surface area (Å²) >= 11 is 6.18. The second kappa shape index (κ2) is 7.94. The van der Waals surface area contributed by atoms with Crippen molar-refractivity contribution in [2.24, 2.45) is 11.7 Å². The van der Waals surface area contributed by atoms with E-state index in [1.54, 1.807) is 11.0 Å². The largest absolute Gasteiger partial charge is 0.344 e. The van der Waals surface area contributed by atoms with Gasteiger partial charge in [-0.05, 0) is 38.3 Å². The van der Waals surface area contributed by atoms with E-state index in [0.717, 1.165) is 25.7 Å². The van der Waals surface area contributed by atoms with Crippen LogP contribution in [-0.2, 0) is 9.59 Å². The first kappa shape index (κ1) is 20.0. The predicted molar refractivity (Wildman–Crippen MR) is 102 cm³/mol. The third kappa shape index (κ3) is 4.10. The smallest absolute Gasteiger partial charge is 0.249 e. The minimum atomic E-state index is -0.494. The number of rotatable bonds is 3. The van der Waals surface area contributed by atoms with Crippen LogP contribution in [0.3, 0.4) is 0 Å². The summed E-state index contributed by atoms with van der Waals surface area (Å²) in [6, 6.07) is 6.77. The van der Waals surface area contributed by atoms with Crippen LogP contribution in [0, 0.1) is 5.92 Å². The molecule has 2 aliphatic rings. The van der Waals surface area contributed by atoms with Crippen molar-refractivity contribution < 1.29 is 9.59 Å². The molecule has 1 aromatic rings. The highest BCUT2D eigenvalue weighted by molar-refractivity contribution is 6.34. The molecule has 0 spiro atoms. The summed E-state index contributed by atoms with van der Waals surface area (Å²) in [6.45, 7) is 2.49. The fourth-order valence-corrected chi connectivity index (χ4v) is 4.02. The molecule has 3 atom stereocenters. The second-order valence-corrected chi connectivity index (χ2v) is 7.50. The monoisotopic (exact) mass is 385 g/mol. The molecule has 0 radical (unpaired) electrons. The van der Waals surface area contributed by atoms with Crippen LogP contribution >= 0.6 is 24.0 Å². The van der Waals surface area contributed by atoms with Gasteiger partial charge in [-0.15, -0.1) is 12.4 Å². The summed E-state index contributed by atoms with van der Waals surface area (Å²) in [5.74, 6) is -0.432. The highest BCUT2D eigenvalue weighted by Gasteiger charge is 2.41. The van der Waals surface area contributed by atoms with Crippen molar-refractivity contribution in [2.45, 2.75) is 50.6 Å². The van der Waals surface area contributed by atoms with Crippen LogP contribution in [0.5, 0.6) is 0 Å². The van der Waals surface area contributed by atoms with Gasteiger partial charge < -0.3 is 16.0 Å². The van der Waals surface area contributed by atoms with E-state index in [4.69, 9.17) is 17.3 Å². The molecule has 2 amide bonds. The minimum Gasteiger partial charge on any atom is -0.344 e. The maximum absolute atomic E-state index is 12.7. The molecule has 0 bridgehead atoms. The van der Waals surface area contributed by atoms with Crippen LogP contribution in [0.2, 0.25) is 5.02 Å². The Morgan fingerprint density at radius 1 is 1.32 bits per heavy atom. The Hall–Kier alpha value is -1.30. The Morgan fingerprint density at radius 2 is 2.04 bits per heavy atom. The third-order valence-electron chi connectivity index (χ3n) is 5.24. The van der Waals surface area contributed by atoms with E-state index >= 15 is 0 Å². The van der Waals surface area contributed by atoms with Crippen molar-refractivity contribution in [1.29, 1.82) is 0 Å². The van der Waals surface area contributed by atoms with Crippen molar-refractivity contribution in [1.82, 2.24) is 5.32 Å². The summed E-state index contributed by atoms with van der Waals surface area (Å²) in [5, 5.41) is 3.46. The summed E-state index contributed by atoms with van der Waals surface area (Å²) in [6.07, 6.45) is 4.28. The fraction of sp³-hybridized carbons (Fsp3) is 0.556. The van der Waals surface area contributed by atoms with E-state index in [2.05, 4.69) is 5.32 Å². The van der Waals surface area contributed by atoms with Crippen LogP contribution in [-0.4, -0.2) is 29.9 Å². The number of amides is 2. The molecule has 5 nitrogen and oxygen atoms in total. The van der Waals surface area contributed by atoms with Gasteiger partial charge in [0.2, 0.25) is 11.8 Å². The zero-order chi connectivity index (χ0) is 17.3. The first-order valence-electron chi connectivity index (χ1n) is 8.55. The number of benzene rings is 1. The highest BCUT2D eigenvalue weighted by Crippen LogP contribution is 2.33. The highest BCUT2D eigenvalue weighted by atomic mass is 35.5. The number of anilines is 1. The Bertz CT molecular complexity index is 651. The molecule has 1 aliphatic carbocycles. The molecule has 2 fully saturated rings. The lowest BCUT2D eigenvalue weighted by atomic mass is 9.74. The molecule has 1 aliphatic heterocycles. The van der Waals surface area contributed by atoms with E-state index < -0.39 is 11.6 Å². The van der Waals surface area contributed by atoms with E-state index in [-0.39, 0.29) is 30.1 Å². The number of nitrogens with one attached hydrogen (secondary N) is 1. The molecule has 138 valence electrons. The molecule has 7 heteroatoms. The number of nitrogens with two attached hydrogens (primary N) is 1. The number of nitrogens with zero attached hydrogens (tertiary/aromatic N) is 1. The van der Waals surface area contributed by atoms with Gasteiger partial charge in [0.25, 0.3) is 0 Å². The molecule has 1 saturated carbocycles. The van der Waals surface area contributed by atoms with Crippen LogP contribution in [0.1, 0.15) is 39.0 Å². The number of hydrogen-bond donors (Lipinski definition) is 2. The van der Waals surface area contributed by atoms with Gasteiger partial charge in [-0.1, -0.05) is 36.6 Å². The molecule has 1 heterocycles. The SMILES string of the molecule is CC1(N)CCCCC1C(=O)NC1CCN(c2ccccc2Cl)C1=O.Cl. The van der Waals surface area contributed by atoms with Gasteiger partial charge in [-0.3, -0.25) is 9.59 Å². The fourth-order valence-electron chi connectivity index (χ4n) is 3.78. The van der Waals surface area contributed by atoms with Gasteiger partial charge in [0.05, 0.1) is 16.6 Å². The summed E-state index contributed by atoms with van der Waals surface area (Å²) in [4.78, 5) is 26.9. The molecule has 25 heavy (non-hydrogen) atoms. The molecular weight excluding hydrogens is 361 g/mol. The zero-order valence-corrected chi connectivity index (χ0v) is 15.9. The van der Waals surface area contributed by atoms with Crippen LogP contribution in [0.15, 0.2) is 24.3 Å². The number of carbonyl (C=O) groups is 2. The quantitative estimate of drug-likeness (QED) is 0.839. The van der Waals surface area contributed by atoms with Crippen LogP contribution in [0.4, 0.5) is 5.69 Å². The normalized spacial score (nSPS) is 29.2. The van der Waals surface area contributed by atoms with Gasteiger partial charge in [0, 0.05) is 12.1 Å². The average Bonchev–Trinajstić information content (AvgIpc) is 2.88. The molecule has 3 N–H and O–H groups in total. The summed E-state index contributed by atoms with van der Waals surface area (Å²) < 4.78 is 0. The predicted octanol–water partition coefficient (Wildman–Crippen LogP) is 2.89. The van der Waals surface area contributed by atoms with Crippen molar-refractivity contribution in [3.8, 4) is 0 Å². The van der Waals surface area contributed by atoms with Crippen LogP contribution < -0.4 is 16.0 Å².